The number of hydrogen-bond acceptors (Lipinski definition) is 8. The van der Waals surface area contributed by atoms with Crippen LogP contribution in [0.25, 0.3) is 0 Å². The first kappa shape index (κ1) is 16.7. The summed E-state index contributed by atoms with van der Waals surface area (Å²) in [7, 11) is 3.91. The normalized spacial score (nSPS) is 20.2. The van der Waals surface area contributed by atoms with Gasteiger partial charge in [-0.15, -0.1) is 0 Å². The lowest BCUT2D eigenvalue weighted by Crippen LogP contribution is -2.45. The number of nitrogens with zero attached hydrogens (tertiary/aromatic N) is 6. The van der Waals surface area contributed by atoms with Crippen molar-refractivity contribution in [2.75, 3.05) is 68.5 Å². The minimum atomic E-state index is -0.709. The van der Waals surface area contributed by atoms with Gasteiger partial charge in [-0.05, 0) is 19.9 Å². The van der Waals surface area contributed by atoms with Gasteiger partial charge in [0.2, 0.25) is 17.8 Å². The minimum Gasteiger partial charge on any atom is -0.481 e. The van der Waals surface area contributed by atoms with Crippen LogP contribution in [0.1, 0.15) is 12.8 Å². The Morgan fingerprint density at radius 1 is 1.00 bits per heavy atom. The molecule has 1 aromatic rings. The monoisotopic (exact) mass is 335 g/mol. The predicted molar refractivity (Wildman–Crippen MR) is 91.7 cm³/mol. The Labute approximate surface area is 141 Å². The smallest absolute Gasteiger partial charge is 0.306 e. The van der Waals surface area contributed by atoms with Gasteiger partial charge >= 0.3 is 5.97 Å². The Kier molecular flexibility index (Phi) is 4.98. The van der Waals surface area contributed by atoms with Crippen LogP contribution >= 0.6 is 0 Å². The summed E-state index contributed by atoms with van der Waals surface area (Å²) in [5.74, 6) is 0.905. The van der Waals surface area contributed by atoms with Crippen molar-refractivity contribution in [2.45, 2.75) is 12.8 Å². The molecule has 9 nitrogen and oxygen atoms in total. The number of carboxylic acid groups (broad SMARTS) is 1. The quantitative estimate of drug-likeness (QED) is 0.785. The number of hydrogen-bond donors (Lipinski definition) is 2. The van der Waals surface area contributed by atoms with E-state index in [2.05, 4.69) is 42.0 Å². The van der Waals surface area contributed by atoms with E-state index >= 15 is 0 Å². The molecular weight excluding hydrogens is 310 g/mol. The highest BCUT2D eigenvalue weighted by molar-refractivity contribution is 5.70. The van der Waals surface area contributed by atoms with E-state index in [1.165, 1.54) is 0 Å². The van der Waals surface area contributed by atoms with Gasteiger partial charge in [-0.1, -0.05) is 0 Å². The highest BCUT2D eigenvalue weighted by Gasteiger charge is 2.27. The van der Waals surface area contributed by atoms with Crippen molar-refractivity contribution in [1.82, 2.24) is 19.9 Å². The second-order valence-corrected chi connectivity index (χ2v) is 6.40. The number of carboxylic acids is 1. The fourth-order valence-corrected chi connectivity index (χ4v) is 3.08. The summed E-state index contributed by atoms with van der Waals surface area (Å²) in [5, 5.41) is 12.1. The molecule has 1 aromatic heterocycles. The minimum absolute atomic E-state index is 0.260. The van der Waals surface area contributed by atoms with E-state index in [1.54, 1.807) is 7.05 Å². The van der Waals surface area contributed by atoms with Gasteiger partial charge < -0.3 is 25.1 Å². The fourth-order valence-electron chi connectivity index (χ4n) is 3.08. The number of anilines is 3. The molecule has 132 valence electrons. The van der Waals surface area contributed by atoms with Gasteiger partial charge in [0.15, 0.2) is 0 Å². The van der Waals surface area contributed by atoms with Crippen molar-refractivity contribution in [3.8, 4) is 0 Å². The molecule has 2 aliphatic rings. The van der Waals surface area contributed by atoms with Gasteiger partial charge in [0.25, 0.3) is 0 Å². The molecule has 0 atom stereocenters. The summed E-state index contributed by atoms with van der Waals surface area (Å²) in [6, 6.07) is 0. The van der Waals surface area contributed by atoms with Crippen molar-refractivity contribution in [1.29, 1.82) is 0 Å². The van der Waals surface area contributed by atoms with Crippen LogP contribution in [0.3, 0.4) is 0 Å². The molecule has 2 aliphatic heterocycles. The molecule has 0 saturated carbocycles. The van der Waals surface area contributed by atoms with Gasteiger partial charge in [0.05, 0.1) is 5.92 Å². The molecule has 3 rings (SSSR count). The molecule has 2 saturated heterocycles. The molecule has 0 bridgehead atoms. The summed E-state index contributed by atoms with van der Waals surface area (Å²) < 4.78 is 0. The van der Waals surface area contributed by atoms with Crippen molar-refractivity contribution in [3.63, 3.8) is 0 Å². The predicted octanol–water partition coefficient (Wildman–Crippen LogP) is -0.0339. The molecule has 0 spiro atoms. The van der Waals surface area contributed by atoms with Gasteiger partial charge in [0.1, 0.15) is 0 Å². The molecule has 0 radical (unpaired) electrons. The zero-order valence-electron chi connectivity index (χ0n) is 14.3. The van der Waals surface area contributed by atoms with Crippen LogP contribution in [0.2, 0.25) is 0 Å². The molecular formula is C15H25N7O2. The lowest BCUT2D eigenvalue weighted by molar-refractivity contribution is -0.142. The highest BCUT2D eigenvalue weighted by Crippen LogP contribution is 2.23. The molecule has 0 amide bonds. The Morgan fingerprint density at radius 3 is 2.04 bits per heavy atom. The van der Waals surface area contributed by atoms with Crippen LogP contribution in [-0.2, 0) is 4.79 Å². The van der Waals surface area contributed by atoms with Crippen LogP contribution in [0.4, 0.5) is 17.8 Å². The van der Waals surface area contributed by atoms with E-state index in [4.69, 9.17) is 5.11 Å². The van der Waals surface area contributed by atoms with Gasteiger partial charge in [-0.25, -0.2) is 0 Å². The van der Waals surface area contributed by atoms with Crippen LogP contribution < -0.4 is 15.1 Å². The number of carbonyl (C=O) groups is 1. The highest BCUT2D eigenvalue weighted by atomic mass is 16.4. The van der Waals surface area contributed by atoms with Crippen molar-refractivity contribution >= 4 is 23.8 Å². The average Bonchev–Trinajstić information content (AvgIpc) is 2.62. The second kappa shape index (κ2) is 7.16. The summed E-state index contributed by atoms with van der Waals surface area (Å²) in [6.07, 6.45) is 1.25. The summed E-state index contributed by atoms with van der Waals surface area (Å²) >= 11 is 0. The molecule has 0 unspecified atom stereocenters. The van der Waals surface area contributed by atoms with E-state index in [-0.39, 0.29) is 5.92 Å². The molecule has 0 aromatic carbocycles. The SMILES string of the molecule is CNc1nc(N2CCC(C(=O)O)CC2)nc(N2CCN(C)CC2)n1. The number of aromatic nitrogens is 3. The number of nitrogens with one attached hydrogen (secondary N) is 1. The first-order valence-corrected chi connectivity index (χ1v) is 8.42. The fraction of sp³-hybridized carbons (Fsp3) is 0.733. The van der Waals surface area contributed by atoms with Crippen LogP contribution in [-0.4, -0.2) is 84.3 Å². The summed E-state index contributed by atoms with van der Waals surface area (Å²) in [6.45, 7) is 5.08. The largest absolute Gasteiger partial charge is 0.481 e. The third-order valence-electron chi connectivity index (χ3n) is 4.75. The van der Waals surface area contributed by atoms with Crippen molar-refractivity contribution < 1.29 is 9.90 Å². The maximum Gasteiger partial charge on any atom is 0.306 e. The molecule has 0 aliphatic carbocycles. The van der Waals surface area contributed by atoms with Gasteiger partial charge in [0, 0.05) is 46.3 Å². The first-order chi connectivity index (χ1) is 11.6. The molecule has 2 N–H and O–H groups in total. The van der Waals surface area contributed by atoms with Crippen molar-refractivity contribution in [2.24, 2.45) is 5.92 Å². The summed E-state index contributed by atoms with van der Waals surface area (Å²) in [5.41, 5.74) is 0. The van der Waals surface area contributed by atoms with Gasteiger partial charge in [-0.3, -0.25) is 4.79 Å². The number of likely N-dealkylation sites (N-methyl/N-ethyl adjacent to an activating group) is 1. The Morgan fingerprint density at radius 2 is 1.54 bits per heavy atom. The lowest BCUT2D eigenvalue weighted by atomic mass is 9.97. The first-order valence-electron chi connectivity index (χ1n) is 8.42. The zero-order chi connectivity index (χ0) is 17.1. The van der Waals surface area contributed by atoms with E-state index in [0.29, 0.717) is 43.8 Å². The van der Waals surface area contributed by atoms with Crippen LogP contribution in [0.5, 0.6) is 0 Å². The van der Waals surface area contributed by atoms with Crippen LogP contribution in [0, 0.1) is 5.92 Å². The van der Waals surface area contributed by atoms with E-state index in [1.807, 2.05) is 0 Å². The molecule has 9 heteroatoms. The van der Waals surface area contributed by atoms with Gasteiger partial charge in [-0.2, -0.15) is 15.0 Å². The van der Waals surface area contributed by atoms with Crippen molar-refractivity contribution in [3.05, 3.63) is 0 Å². The number of piperidine rings is 1. The number of aliphatic carboxylic acids is 1. The molecule has 2 fully saturated rings. The average molecular weight is 335 g/mol. The zero-order valence-corrected chi connectivity index (χ0v) is 14.3. The summed E-state index contributed by atoms with van der Waals surface area (Å²) in [4.78, 5) is 31.2. The standard InChI is InChI=1S/C15H25N7O2/c1-16-13-17-14(21-5-3-11(4-6-21)12(23)24)19-15(18-13)22-9-7-20(2)8-10-22/h11H,3-10H2,1-2H3,(H,23,24)(H,16,17,18,19). The van der Waals surface area contributed by atoms with E-state index in [9.17, 15) is 4.79 Å². The van der Waals surface area contributed by atoms with E-state index < -0.39 is 5.97 Å². The number of piperazine rings is 1. The Hall–Kier alpha value is -2.16. The Bertz CT molecular complexity index is 581. The maximum atomic E-state index is 11.1. The van der Waals surface area contributed by atoms with Crippen LogP contribution in [0.15, 0.2) is 0 Å². The maximum absolute atomic E-state index is 11.1. The third kappa shape index (κ3) is 3.66. The number of rotatable bonds is 4. The van der Waals surface area contributed by atoms with E-state index in [0.717, 1.165) is 26.2 Å². The second-order valence-electron chi connectivity index (χ2n) is 6.40. The lowest BCUT2D eigenvalue weighted by Gasteiger charge is -2.34. The third-order valence-corrected chi connectivity index (χ3v) is 4.75. The molecule has 24 heavy (non-hydrogen) atoms. The molecule has 3 heterocycles. The topological polar surface area (TPSA) is 97.7 Å². The Balaban J connectivity index is 1.76.